The third kappa shape index (κ3) is 4.13. The highest BCUT2D eigenvalue weighted by molar-refractivity contribution is 4.75. The lowest BCUT2D eigenvalue weighted by atomic mass is 9.73. The van der Waals surface area contributed by atoms with Crippen molar-refractivity contribution in [3.63, 3.8) is 0 Å². The fraction of sp³-hybridized carbons (Fsp3) is 1.00. The Bertz CT molecular complexity index is 116. The second-order valence-electron chi connectivity index (χ2n) is 5.76. The third-order valence-corrected chi connectivity index (χ3v) is 3.06. The van der Waals surface area contributed by atoms with Gasteiger partial charge in [0.2, 0.25) is 0 Å². The Morgan fingerprint density at radius 2 is 1.33 bits per heavy atom. The predicted octanol–water partition coefficient (Wildman–Crippen LogP) is 4.35. The molecule has 0 unspecified atom stereocenters. The highest BCUT2D eigenvalue weighted by atomic mass is 14.3. The molecule has 0 aromatic heterocycles. The molecular weight excluding hydrogens is 144 g/mol. The van der Waals surface area contributed by atoms with Crippen molar-refractivity contribution in [2.24, 2.45) is 23.2 Å². The predicted molar refractivity (Wildman–Crippen MR) is 57.2 cm³/mol. The lowest BCUT2D eigenvalue weighted by Gasteiger charge is -2.33. The van der Waals surface area contributed by atoms with E-state index < -0.39 is 0 Å². The second kappa shape index (κ2) is 4.30. The smallest absolute Gasteiger partial charge is 0.0354 e. The lowest BCUT2D eigenvalue weighted by molar-refractivity contribution is 0.169. The molecule has 0 heteroatoms. The largest absolute Gasteiger partial charge is 0.0628 e. The second-order valence-corrected chi connectivity index (χ2v) is 5.76. The maximum absolute atomic E-state index is 2.38. The van der Waals surface area contributed by atoms with Crippen molar-refractivity contribution >= 4 is 0 Å². The van der Waals surface area contributed by atoms with Gasteiger partial charge in [0.05, 0.1) is 0 Å². The van der Waals surface area contributed by atoms with E-state index in [1.54, 1.807) is 0 Å². The van der Waals surface area contributed by atoms with Gasteiger partial charge in [0, 0.05) is 0 Å². The summed E-state index contributed by atoms with van der Waals surface area (Å²) in [7, 11) is 0. The minimum absolute atomic E-state index is 0.467. The minimum Gasteiger partial charge on any atom is -0.0628 e. The zero-order valence-corrected chi connectivity index (χ0v) is 9.94. The standard InChI is InChI=1S/C12H26/c1-9(2)8-10(3)11(4)12(5,6)7/h9-11H,8H2,1-7H3/t10-,11+/m1/s1. The Morgan fingerprint density at radius 1 is 0.917 bits per heavy atom. The molecule has 0 aromatic rings. The van der Waals surface area contributed by atoms with Gasteiger partial charge in [-0.3, -0.25) is 0 Å². The van der Waals surface area contributed by atoms with Crippen molar-refractivity contribution < 1.29 is 0 Å². The summed E-state index contributed by atoms with van der Waals surface area (Å²) >= 11 is 0. The molecule has 0 bridgehead atoms. The first-order valence-electron chi connectivity index (χ1n) is 5.25. The molecule has 0 rings (SSSR count). The molecule has 0 fully saturated rings. The molecule has 0 saturated carbocycles. The van der Waals surface area contributed by atoms with Crippen LogP contribution >= 0.6 is 0 Å². The van der Waals surface area contributed by atoms with E-state index in [-0.39, 0.29) is 0 Å². The van der Waals surface area contributed by atoms with E-state index >= 15 is 0 Å². The van der Waals surface area contributed by atoms with Gasteiger partial charge in [-0.05, 0) is 29.6 Å². The van der Waals surface area contributed by atoms with Gasteiger partial charge in [-0.1, -0.05) is 48.5 Å². The van der Waals surface area contributed by atoms with Gasteiger partial charge < -0.3 is 0 Å². The van der Waals surface area contributed by atoms with Crippen LogP contribution in [0.4, 0.5) is 0 Å². The molecule has 2 atom stereocenters. The summed E-state index contributed by atoms with van der Waals surface area (Å²) in [6, 6.07) is 0. The first-order chi connectivity index (χ1) is 5.25. The average molecular weight is 170 g/mol. The van der Waals surface area contributed by atoms with E-state index in [9.17, 15) is 0 Å². The van der Waals surface area contributed by atoms with Gasteiger partial charge in [-0.2, -0.15) is 0 Å². The summed E-state index contributed by atoms with van der Waals surface area (Å²) in [6.07, 6.45) is 1.36. The van der Waals surface area contributed by atoms with E-state index in [0.29, 0.717) is 5.41 Å². The van der Waals surface area contributed by atoms with Crippen molar-refractivity contribution in [2.45, 2.75) is 54.9 Å². The van der Waals surface area contributed by atoms with Crippen molar-refractivity contribution in [1.82, 2.24) is 0 Å². The van der Waals surface area contributed by atoms with Crippen LogP contribution in [0.1, 0.15) is 54.9 Å². The van der Waals surface area contributed by atoms with Crippen LogP contribution in [0.25, 0.3) is 0 Å². The van der Waals surface area contributed by atoms with Crippen LogP contribution in [0.5, 0.6) is 0 Å². The molecule has 0 heterocycles. The summed E-state index contributed by atoms with van der Waals surface area (Å²) in [5, 5.41) is 0. The van der Waals surface area contributed by atoms with Crippen molar-refractivity contribution in [3.8, 4) is 0 Å². The monoisotopic (exact) mass is 170 g/mol. The molecule has 0 aliphatic rings. The molecule has 12 heavy (non-hydrogen) atoms. The molecule has 0 radical (unpaired) electrons. The van der Waals surface area contributed by atoms with Crippen LogP contribution in [0.3, 0.4) is 0 Å². The van der Waals surface area contributed by atoms with Crippen LogP contribution in [-0.2, 0) is 0 Å². The van der Waals surface area contributed by atoms with E-state index in [1.165, 1.54) is 6.42 Å². The Hall–Kier alpha value is 0. The lowest BCUT2D eigenvalue weighted by Crippen LogP contribution is -2.24. The quantitative estimate of drug-likeness (QED) is 0.590. The molecule has 0 saturated heterocycles. The Morgan fingerprint density at radius 3 is 1.58 bits per heavy atom. The molecule has 0 aliphatic carbocycles. The number of hydrogen-bond donors (Lipinski definition) is 0. The molecule has 0 N–H and O–H groups in total. The summed E-state index contributed by atoms with van der Waals surface area (Å²) in [6.45, 7) is 16.4. The zero-order chi connectivity index (χ0) is 9.94. The van der Waals surface area contributed by atoms with E-state index in [4.69, 9.17) is 0 Å². The fourth-order valence-electron chi connectivity index (χ4n) is 1.80. The SMILES string of the molecule is CC(C)C[C@@H](C)[C@H](C)C(C)(C)C. The van der Waals surface area contributed by atoms with E-state index in [0.717, 1.165) is 17.8 Å². The highest BCUT2D eigenvalue weighted by Gasteiger charge is 2.25. The Balaban J connectivity index is 4.01. The zero-order valence-electron chi connectivity index (χ0n) is 9.94. The number of hydrogen-bond acceptors (Lipinski definition) is 0. The van der Waals surface area contributed by atoms with E-state index in [2.05, 4.69) is 48.5 Å². The third-order valence-electron chi connectivity index (χ3n) is 3.06. The first kappa shape index (κ1) is 12.0. The topological polar surface area (TPSA) is 0 Å². The summed E-state index contributed by atoms with van der Waals surface area (Å²) < 4.78 is 0. The average Bonchev–Trinajstić information content (AvgIpc) is 1.82. The Kier molecular flexibility index (Phi) is 4.30. The maximum atomic E-state index is 2.38. The Labute approximate surface area is 78.8 Å². The van der Waals surface area contributed by atoms with Gasteiger partial charge in [0.15, 0.2) is 0 Å². The molecule has 74 valence electrons. The molecule has 0 aromatic carbocycles. The minimum atomic E-state index is 0.467. The molecule has 0 spiro atoms. The van der Waals surface area contributed by atoms with Crippen LogP contribution in [0.2, 0.25) is 0 Å². The van der Waals surface area contributed by atoms with Gasteiger partial charge >= 0.3 is 0 Å². The molecule has 0 aliphatic heterocycles. The summed E-state index contributed by atoms with van der Waals surface area (Å²) in [4.78, 5) is 0. The summed E-state index contributed by atoms with van der Waals surface area (Å²) in [5.41, 5.74) is 0.467. The number of rotatable bonds is 3. The van der Waals surface area contributed by atoms with Crippen LogP contribution in [0, 0.1) is 23.2 Å². The van der Waals surface area contributed by atoms with Crippen LogP contribution < -0.4 is 0 Å². The van der Waals surface area contributed by atoms with Gasteiger partial charge in [-0.15, -0.1) is 0 Å². The maximum Gasteiger partial charge on any atom is -0.0354 e. The van der Waals surface area contributed by atoms with Crippen molar-refractivity contribution in [2.75, 3.05) is 0 Å². The van der Waals surface area contributed by atoms with Crippen molar-refractivity contribution in [3.05, 3.63) is 0 Å². The molecule has 0 amide bonds. The first-order valence-corrected chi connectivity index (χ1v) is 5.25. The van der Waals surface area contributed by atoms with Gasteiger partial charge in [0.1, 0.15) is 0 Å². The normalized spacial score (nSPS) is 18.0. The van der Waals surface area contributed by atoms with Gasteiger partial charge in [0.25, 0.3) is 0 Å². The molecule has 0 nitrogen and oxygen atoms in total. The van der Waals surface area contributed by atoms with E-state index in [1.807, 2.05) is 0 Å². The van der Waals surface area contributed by atoms with Crippen molar-refractivity contribution in [1.29, 1.82) is 0 Å². The van der Waals surface area contributed by atoms with Gasteiger partial charge in [-0.25, -0.2) is 0 Å². The fourth-order valence-corrected chi connectivity index (χ4v) is 1.80. The molecular formula is C12H26. The van der Waals surface area contributed by atoms with Crippen LogP contribution in [-0.4, -0.2) is 0 Å². The highest BCUT2D eigenvalue weighted by Crippen LogP contribution is 2.34. The van der Waals surface area contributed by atoms with Crippen LogP contribution in [0.15, 0.2) is 0 Å². The summed E-state index contributed by atoms with van der Waals surface area (Å²) in [5.74, 6) is 2.51.